The van der Waals surface area contributed by atoms with Gasteiger partial charge in [0.1, 0.15) is 11.6 Å². The quantitative estimate of drug-likeness (QED) is 0.691. The number of hydrogen-bond donors (Lipinski definition) is 3. The van der Waals surface area contributed by atoms with Gasteiger partial charge in [-0.2, -0.15) is 0 Å². The van der Waals surface area contributed by atoms with Crippen molar-refractivity contribution < 1.29 is 12.8 Å². The van der Waals surface area contributed by atoms with Gasteiger partial charge in [-0.15, -0.1) is 0 Å². The van der Waals surface area contributed by atoms with Crippen LogP contribution in [-0.4, -0.2) is 25.9 Å². The van der Waals surface area contributed by atoms with E-state index in [-0.39, 0.29) is 4.90 Å². The highest BCUT2D eigenvalue weighted by Gasteiger charge is 2.18. The van der Waals surface area contributed by atoms with Crippen LogP contribution in [0.25, 0.3) is 0 Å². The van der Waals surface area contributed by atoms with Gasteiger partial charge < -0.3 is 15.1 Å². The number of thiocarbonyl (C=S) groups is 1. The zero-order valence-electron chi connectivity index (χ0n) is 13.4. The second-order valence-electron chi connectivity index (χ2n) is 5.45. The zero-order chi connectivity index (χ0) is 17.7. The van der Waals surface area contributed by atoms with Crippen LogP contribution in [0.3, 0.4) is 0 Å². The van der Waals surface area contributed by atoms with Gasteiger partial charge in [0.25, 0.3) is 10.0 Å². The molecule has 0 fully saturated rings. The number of hydrogen-bond acceptors (Lipinski definition) is 5. The van der Waals surface area contributed by atoms with Gasteiger partial charge in [0.05, 0.1) is 17.7 Å². The van der Waals surface area contributed by atoms with E-state index in [0.29, 0.717) is 36.1 Å². The Bertz CT molecular complexity index is 877. The summed E-state index contributed by atoms with van der Waals surface area (Å²) < 4.78 is 32.6. The number of amidine groups is 1. The fourth-order valence-electron chi connectivity index (χ4n) is 2.33. The first-order chi connectivity index (χ1) is 12.0. The molecule has 0 unspecified atom stereocenters. The molecule has 0 aliphatic carbocycles. The maximum atomic E-state index is 12.4. The summed E-state index contributed by atoms with van der Waals surface area (Å²) in [5, 5.41) is 6.33. The Morgan fingerprint density at radius 1 is 1.28 bits per heavy atom. The Hall–Kier alpha value is -2.39. The molecule has 25 heavy (non-hydrogen) atoms. The van der Waals surface area contributed by atoms with Gasteiger partial charge in [0, 0.05) is 18.7 Å². The van der Waals surface area contributed by atoms with Crippen LogP contribution in [0.15, 0.2) is 57.0 Å². The molecule has 1 aliphatic rings. The predicted octanol–water partition coefficient (Wildman–Crippen LogP) is 2.24. The van der Waals surface area contributed by atoms with Crippen LogP contribution in [0, 0.1) is 0 Å². The van der Waals surface area contributed by atoms with Crippen molar-refractivity contribution in [3.8, 4) is 0 Å². The highest BCUT2D eigenvalue weighted by atomic mass is 32.2. The fourth-order valence-corrected chi connectivity index (χ4v) is 3.66. The molecular formula is C16H18N4O3S2. The number of nitrogens with zero attached hydrogens (tertiary/aromatic N) is 1. The SMILES string of the molecule is O=S(=O)(NC1=NCCC1)c1cccc(NC(=S)NCc2ccco2)c1. The molecule has 132 valence electrons. The number of sulfonamides is 1. The van der Waals surface area contributed by atoms with Crippen LogP contribution in [0.5, 0.6) is 0 Å². The van der Waals surface area contributed by atoms with Crippen LogP contribution in [0.1, 0.15) is 18.6 Å². The summed E-state index contributed by atoms with van der Waals surface area (Å²) in [4.78, 5) is 4.29. The molecular weight excluding hydrogens is 360 g/mol. The van der Waals surface area contributed by atoms with Crippen LogP contribution in [-0.2, 0) is 16.6 Å². The van der Waals surface area contributed by atoms with Gasteiger partial charge in [-0.3, -0.25) is 9.71 Å². The summed E-state index contributed by atoms with van der Waals surface area (Å²) >= 11 is 5.21. The molecule has 2 aromatic rings. The van der Waals surface area contributed by atoms with Crippen LogP contribution < -0.4 is 15.4 Å². The van der Waals surface area contributed by atoms with Gasteiger partial charge >= 0.3 is 0 Å². The second kappa shape index (κ2) is 7.66. The summed E-state index contributed by atoms with van der Waals surface area (Å²) in [6.45, 7) is 1.10. The van der Waals surface area contributed by atoms with Gasteiger partial charge in [-0.1, -0.05) is 6.07 Å². The average molecular weight is 378 g/mol. The standard InChI is InChI=1S/C16H18N4O3S2/c21-25(22,20-15-7-2-8-17-15)14-6-1-4-12(10-14)19-16(24)18-11-13-5-3-9-23-13/h1,3-6,9-10H,2,7-8,11H2,(H,17,20)(H2,18,19,24). The number of aliphatic imine (C=N–C) groups is 1. The predicted molar refractivity (Wildman–Crippen MR) is 100 cm³/mol. The van der Waals surface area contributed by atoms with E-state index in [4.69, 9.17) is 16.6 Å². The summed E-state index contributed by atoms with van der Waals surface area (Å²) in [6, 6.07) is 10.1. The summed E-state index contributed by atoms with van der Waals surface area (Å²) in [7, 11) is -3.65. The molecule has 9 heteroatoms. The Kier molecular flexibility index (Phi) is 5.34. The number of anilines is 1. The van der Waals surface area contributed by atoms with E-state index in [9.17, 15) is 8.42 Å². The summed E-state index contributed by atoms with van der Waals surface area (Å²) in [6.07, 6.45) is 3.11. The molecule has 1 aromatic carbocycles. The fraction of sp³-hybridized carbons (Fsp3) is 0.250. The lowest BCUT2D eigenvalue weighted by atomic mass is 10.3. The lowest BCUT2D eigenvalue weighted by Gasteiger charge is -2.12. The molecule has 3 rings (SSSR count). The largest absolute Gasteiger partial charge is 0.467 e. The molecule has 0 amide bonds. The third-order valence-electron chi connectivity index (χ3n) is 3.53. The Labute approximate surface area is 151 Å². The van der Waals surface area contributed by atoms with Crippen molar-refractivity contribution in [2.24, 2.45) is 4.99 Å². The Balaban J connectivity index is 1.63. The maximum Gasteiger partial charge on any atom is 0.262 e. The van der Waals surface area contributed by atoms with Crippen LogP contribution in [0.2, 0.25) is 0 Å². The highest BCUT2D eigenvalue weighted by molar-refractivity contribution is 7.90. The van der Waals surface area contributed by atoms with E-state index in [1.165, 1.54) is 12.1 Å². The number of furan rings is 1. The van der Waals surface area contributed by atoms with Gasteiger partial charge in [-0.05, 0) is 49.0 Å². The minimum absolute atomic E-state index is 0.154. The second-order valence-corrected chi connectivity index (χ2v) is 7.54. The molecule has 0 radical (unpaired) electrons. The smallest absolute Gasteiger partial charge is 0.262 e. The topological polar surface area (TPSA) is 95.7 Å². The molecule has 7 nitrogen and oxygen atoms in total. The third-order valence-corrected chi connectivity index (χ3v) is 5.16. The van der Waals surface area contributed by atoms with Crippen LogP contribution in [0.4, 0.5) is 5.69 Å². The lowest BCUT2D eigenvalue weighted by molar-refractivity contribution is 0.503. The number of benzene rings is 1. The van der Waals surface area contributed by atoms with Gasteiger partial charge in [-0.25, -0.2) is 8.42 Å². The maximum absolute atomic E-state index is 12.4. The van der Waals surface area contributed by atoms with Crippen molar-refractivity contribution in [2.75, 3.05) is 11.9 Å². The van der Waals surface area contributed by atoms with E-state index in [1.807, 2.05) is 6.07 Å². The third kappa shape index (κ3) is 4.80. The molecule has 1 aromatic heterocycles. The Morgan fingerprint density at radius 3 is 2.88 bits per heavy atom. The van der Waals surface area contributed by atoms with Gasteiger partial charge in [0.15, 0.2) is 5.11 Å². The highest BCUT2D eigenvalue weighted by Crippen LogP contribution is 2.16. The molecule has 3 N–H and O–H groups in total. The first-order valence-electron chi connectivity index (χ1n) is 7.76. The van der Waals surface area contributed by atoms with Crippen molar-refractivity contribution in [3.05, 3.63) is 48.4 Å². The van der Waals surface area contributed by atoms with E-state index < -0.39 is 10.0 Å². The molecule has 0 atom stereocenters. The summed E-state index contributed by atoms with van der Waals surface area (Å²) in [5.74, 6) is 1.26. The monoisotopic (exact) mass is 378 g/mol. The first-order valence-corrected chi connectivity index (χ1v) is 9.65. The number of rotatable bonds is 5. The molecule has 0 saturated carbocycles. The average Bonchev–Trinajstić information content (AvgIpc) is 3.26. The minimum atomic E-state index is -3.65. The van der Waals surface area contributed by atoms with E-state index >= 15 is 0 Å². The number of nitrogens with one attached hydrogen (secondary N) is 3. The normalized spacial score (nSPS) is 14.0. The van der Waals surface area contributed by atoms with Crippen molar-refractivity contribution in [3.63, 3.8) is 0 Å². The van der Waals surface area contributed by atoms with Crippen molar-refractivity contribution >= 4 is 38.9 Å². The first kappa shape index (κ1) is 17.4. The van der Waals surface area contributed by atoms with Crippen LogP contribution >= 0.6 is 12.2 Å². The summed E-state index contributed by atoms with van der Waals surface area (Å²) in [5.41, 5.74) is 0.577. The van der Waals surface area contributed by atoms with Gasteiger partial charge in [0.2, 0.25) is 0 Å². The van der Waals surface area contributed by atoms with Crippen molar-refractivity contribution in [2.45, 2.75) is 24.3 Å². The van der Waals surface area contributed by atoms with E-state index in [0.717, 1.165) is 12.2 Å². The van der Waals surface area contributed by atoms with Crippen molar-refractivity contribution in [1.82, 2.24) is 10.0 Å². The molecule has 2 heterocycles. The lowest BCUT2D eigenvalue weighted by Crippen LogP contribution is -2.30. The van der Waals surface area contributed by atoms with E-state index in [2.05, 4.69) is 20.3 Å². The molecule has 1 aliphatic heterocycles. The molecule has 0 spiro atoms. The van der Waals surface area contributed by atoms with E-state index in [1.54, 1.807) is 24.5 Å². The molecule has 0 bridgehead atoms. The van der Waals surface area contributed by atoms with Crippen molar-refractivity contribution in [1.29, 1.82) is 0 Å². The minimum Gasteiger partial charge on any atom is -0.467 e. The Morgan fingerprint density at radius 2 is 2.16 bits per heavy atom. The zero-order valence-corrected chi connectivity index (χ0v) is 15.0. The molecule has 0 saturated heterocycles.